The maximum atomic E-state index is 5.22. The van der Waals surface area contributed by atoms with Crippen LogP contribution in [-0.2, 0) is 13.0 Å². The lowest BCUT2D eigenvalue weighted by atomic mass is 10.1. The Morgan fingerprint density at radius 3 is 2.70 bits per heavy atom. The van der Waals surface area contributed by atoms with Crippen molar-refractivity contribution in [1.82, 2.24) is 15.3 Å². The molecule has 4 nitrogen and oxygen atoms in total. The van der Waals surface area contributed by atoms with Crippen LogP contribution in [-0.4, -0.2) is 23.1 Å². The van der Waals surface area contributed by atoms with Gasteiger partial charge in [0.15, 0.2) is 0 Å². The molecule has 1 aromatic heterocycles. The third-order valence-electron chi connectivity index (χ3n) is 3.43. The summed E-state index contributed by atoms with van der Waals surface area (Å²) in [5.41, 5.74) is 2.31. The van der Waals surface area contributed by atoms with E-state index in [1.165, 1.54) is 12.8 Å². The third kappa shape index (κ3) is 3.54. The van der Waals surface area contributed by atoms with Crippen molar-refractivity contribution in [1.29, 1.82) is 0 Å². The molecule has 0 amide bonds. The van der Waals surface area contributed by atoms with Crippen molar-refractivity contribution in [2.24, 2.45) is 0 Å². The van der Waals surface area contributed by atoms with Crippen molar-refractivity contribution in [3.8, 4) is 5.75 Å². The van der Waals surface area contributed by atoms with Crippen LogP contribution >= 0.6 is 0 Å². The molecule has 1 fully saturated rings. The SMILES string of the molecule is COc1cccc(Cc2ncc(CNC3CC3)cn2)c1. The van der Waals surface area contributed by atoms with E-state index < -0.39 is 0 Å². The molecule has 0 aliphatic heterocycles. The van der Waals surface area contributed by atoms with Gasteiger partial charge in [0.25, 0.3) is 0 Å². The molecule has 1 aliphatic rings. The monoisotopic (exact) mass is 269 g/mol. The van der Waals surface area contributed by atoms with Gasteiger partial charge in [0, 0.05) is 37.0 Å². The molecule has 1 N–H and O–H groups in total. The van der Waals surface area contributed by atoms with Gasteiger partial charge in [-0.15, -0.1) is 0 Å². The average molecular weight is 269 g/mol. The van der Waals surface area contributed by atoms with Crippen LogP contribution in [0.5, 0.6) is 5.75 Å². The zero-order valence-electron chi connectivity index (χ0n) is 11.7. The predicted octanol–water partition coefficient (Wildman–Crippen LogP) is 2.33. The molecule has 1 aliphatic carbocycles. The summed E-state index contributed by atoms with van der Waals surface area (Å²) in [6, 6.07) is 8.73. The van der Waals surface area contributed by atoms with E-state index in [2.05, 4.69) is 21.4 Å². The molecule has 104 valence electrons. The van der Waals surface area contributed by atoms with Crippen molar-refractivity contribution >= 4 is 0 Å². The Balaban J connectivity index is 1.61. The van der Waals surface area contributed by atoms with E-state index in [1.807, 2.05) is 30.6 Å². The lowest BCUT2D eigenvalue weighted by molar-refractivity contribution is 0.414. The van der Waals surface area contributed by atoms with Crippen LogP contribution in [0.2, 0.25) is 0 Å². The highest BCUT2D eigenvalue weighted by Gasteiger charge is 2.19. The molecule has 0 unspecified atom stereocenters. The third-order valence-corrected chi connectivity index (χ3v) is 3.43. The zero-order valence-corrected chi connectivity index (χ0v) is 11.7. The number of methoxy groups -OCH3 is 1. The first-order chi connectivity index (χ1) is 9.83. The Morgan fingerprint density at radius 1 is 1.20 bits per heavy atom. The van der Waals surface area contributed by atoms with E-state index in [4.69, 9.17) is 4.74 Å². The molecule has 0 spiro atoms. The maximum Gasteiger partial charge on any atom is 0.132 e. The highest BCUT2D eigenvalue weighted by atomic mass is 16.5. The quantitative estimate of drug-likeness (QED) is 0.874. The molecule has 3 rings (SSSR count). The van der Waals surface area contributed by atoms with Crippen molar-refractivity contribution in [2.45, 2.75) is 31.8 Å². The molecular formula is C16H19N3O. The maximum absolute atomic E-state index is 5.22. The summed E-state index contributed by atoms with van der Waals surface area (Å²) in [6.07, 6.45) is 7.16. The fourth-order valence-corrected chi connectivity index (χ4v) is 2.08. The van der Waals surface area contributed by atoms with Gasteiger partial charge < -0.3 is 10.1 Å². The summed E-state index contributed by atoms with van der Waals surface area (Å²) >= 11 is 0. The Hall–Kier alpha value is -1.94. The summed E-state index contributed by atoms with van der Waals surface area (Å²) in [5.74, 6) is 1.71. The minimum atomic E-state index is 0.714. The fourth-order valence-electron chi connectivity index (χ4n) is 2.08. The Bertz CT molecular complexity index is 564. The van der Waals surface area contributed by atoms with Crippen LogP contribution in [0.25, 0.3) is 0 Å². The topological polar surface area (TPSA) is 47.0 Å². The molecule has 2 aromatic rings. The van der Waals surface area contributed by atoms with Gasteiger partial charge in [-0.1, -0.05) is 12.1 Å². The van der Waals surface area contributed by atoms with Gasteiger partial charge in [-0.25, -0.2) is 9.97 Å². The molecule has 0 saturated heterocycles. The second-order valence-electron chi connectivity index (χ2n) is 5.19. The average Bonchev–Trinajstić information content (AvgIpc) is 3.31. The number of benzene rings is 1. The number of hydrogen-bond donors (Lipinski definition) is 1. The van der Waals surface area contributed by atoms with Crippen LogP contribution in [0.15, 0.2) is 36.7 Å². The van der Waals surface area contributed by atoms with Crippen LogP contribution in [0.3, 0.4) is 0 Å². The smallest absolute Gasteiger partial charge is 0.132 e. The molecule has 1 aromatic carbocycles. The van der Waals surface area contributed by atoms with Gasteiger partial charge in [-0.05, 0) is 30.5 Å². The van der Waals surface area contributed by atoms with Crippen LogP contribution in [0.1, 0.15) is 29.8 Å². The summed E-state index contributed by atoms with van der Waals surface area (Å²) in [5, 5.41) is 3.46. The Labute approximate surface area is 119 Å². The van der Waals surface area contributed by atoms with Crippen LogP contribution in [0.4, 0.5) is 0 Å². The van der Waals surface area contributed by atoms with Gasteiger partial charge in [-0.3, -0.25) is 0 Å². The standard InChI is InChI=1S/C16H19N3O/c1-20-15-4-2-3-12(7-15)8-16-18-10-13(11-19-16)9-17-14-5-6-14/h2-4,7,10-11,14,17H,5-6,8-9H2,1H3. The summed E-state index contributed by atoms with van der Waals surface area (Å²) < 4.78 is 5.22. The van der Waals surface area contributed by atoms with E-state index in [0.29, 0.717) is 6.04 Å². The largest absolute Gasteiger partial charge is 0.497 e. The van der Waals surface area contributed by atoms with E-state index in [-0.39, 0.29) is 0 Å². The lowest BCUT2D eigenvalue weighted by Crippen LogP contribution is -2.15. The number of hydrogen-bond acceptors (Lipinski definition) is 4. The molecule has 1 saturated carbocycles. The molecule has 20 heavy (non-hydrogen) atoms. The van der Waals surface area contributed by atoms with Crippen molar-refractivity contribution in [2.75, 3.05) is 7.11 Å². The van der Waals surface area contributed by atoms with E-state index in [1.54, 1.807) is 7.11 Å². The van der Waals surface area contributed by atoms with Crippen molar-refractivity contribution in [3.63, 3.8) is 0 Å². The minimum absolute atomic E-state index is 0.714. The van der Waals surface area contributed by atoms with Gasteiger partial charge in [0.2, 0.25) is 0 Å². The molecule has 0 atom stereocenters. The Morgan fingerprint density at radius 2 is 2.00 bits per heavy atom. The normalized spacial score (nSPS) is 14.2. The minimum Gasteiger partial charge on any atom is -0.497 e. The summed E-state index contributed by atoms with van der Waals surface area (Å²) in [6.45, 7) is 0.865. The van der Waals surface area contributed by atoms with Crippen LogP contribution < -0.4 is 10.1 Å². The fraction of sp³-hybridized carbons (Fsp3) is 0.375. The molecule has 1 heterocycles. The lowest BCUT2D eigenvalue weighted by Gasteiger charge is -2.05. The number of nitrogens with zero attached hydrogens (tertiary/aromatic N) is 2. The number of ether oxygens (including phenoxy) is 1. The highest BCUT2D eigenvalue weighted by molar-refractivity contribution is 5.30. The molecule has 4 heteroatoms. The first kappa shape index (κ1) is 13.1. The number of rotatable bonds is 6. The second-order valence-corrected chi connectivity index (χ2v) is 5.19. The van der Waals surface area contributed by atoms with E-state index in [0.717, 1.165) is 35.7 Å². The van der Waals surface area contributed by atoms with Gasteiger partial charge in [0.1, 0.15) is 11.6 Å². The predicted molar refractivity (Wildman–Crippen MR) is 77.7 cm³/mol. The second kappa shape index (κ2) is 6.01. The first-order valence-electron chi connectivity index (χ1n) is 6.99. The van der Waals surface area contributed by atoms with Crippen LogP contribution in [0, 0.1) is 0 Å². The first-order valence-corrected chi connectivity index (χ1v) is 6.99. The zero-order chi connectivity index (χ0) is 13.8. The number of aromatic nitrogens is 2. The van der Waals surface area contributed by atoms with E-state index >= 15 is 0 Å². The van der Waals surface area contributed by atoms with Gasteiger partial charge in [0.05, 0.1) is 7.11 Å². The van der Waals surface area contributed by atoms with Crippen molar-refractivity contribution in [3.05, 3.63) is 53.6 Å². The molecular weight excluding hydrogens is 250 g/mol. The van der Waals surface area contributed by atoms with Crippen molar-refractivity contribution < 1.29 is 4.74 Å². The molecule has 0 radical (unpaired) electrons. The number of nitrogens with one attached hydrogen (secondary N) is 1. The van der Waals surface area contributed by atoms with Gasteiger partial charge >= 0.3 is 0 Å². The summed E-state index contributed by atoms with van der Waals surface area (Å²) in [4.78, 5) is 8.87. The van der Waals surface area contributed by atoms with Gasteiger partial charge in [-0.2, -0.15) is 0 Å². The summed E-state index contributed by atoms with van der Waals surface area (Å²) in [7, 11) is 1.68. The van der Waals surface area contributed by atoms with E-state index in [9.17, 15) is 0 Å². The molecule has 0 bridgehead atoms. The highest BCUT2D eigenvalue weighted by Crippen LogP contribution is 2.19. The Kier molecular flexibility index (Phi) is 3.92.